The Morgan fingerprint density at radius 2 is 1.80 bits per heavy atom. The highest BCUT2D eigenvalue weighted by molar-refractivity contribution is 5.99. The number of halogens is 3. The van der Waals surface area contributed by atoms with Gasteiger partial charge in [0.15, 0.2) is 0 Å². The van der Waals surface area contributed by atoms with E-state index < -0.39 is 11.7 Å². The summed E-state index contributed by atoms with van der Waals surface area (Å²) in [5.74, 6) is 0. The van der Waals surface area contributed by atoms with Crippen LogP contribution < -0.4 is 5.43 Å². The minimum absolute atomic E-state index is 0.280. The number of hydrogen-bond donors (Lipinski definition) is 1. The van der Waals surface area contributed by atoms with E-state index in [0.29, 0.717) is 24.2 Å². The maximum Gasteiger partial charge on any atom is 0.417 e. The second kappa shape index (κ2) is 5.77. The van der Waals surface area contributed by atoms with Gasteiger partial charge in [-0.3, -0.25) is 0 Å². The Labute approximate surface area is 144 Å². The summed E-state index contributed by atoms with van der Waals surface area (Å²) in [4.78, 5) is 0. The predicted molar refractivity (Wildman–Crippen MR) is 91.9 cm³/mol. The van der Waals surface area contributed by atoms with Crippen LogP contribution in [0.5, 0.6) is 0 Å². The highest BCUT2D eigenvalue weighted by atomic mass is 19.4. The minimum atomic E-state index is -4.35. The summed E-state index contributed by atoms with van der Waals surface area (Å²) in [6.45, 7) is 3.04. The summed E-state index contributed by atoms with van der Waals surface area (Å²) >= 11 is 0. The molecule has 0 radical (unpaired) electrons. The highest BCUT2D eigenvalue weighted by Gasteiger charge is 2.40. The van der Waals surface area contributed by atoms with Crippen LogP contribution in [0.4, 0.5) is 13.2 Å². The number of allylic oxidation sites excluding steroid dienone is 4. The molecule has 4 rings (SSSR count). The maximum atomic E-state index is 13.4. The number of nitrogens with one attached hydrogen (secondary N) is 1. The molecule has 2 aromatic rings. The monoisotopic (exact) mass is 342 g/mol. The molecule has 0 amide bonds. The van der Waals surface area contributed by atoms with E-state index in [1.165, 1.54) is 6.08 Å². The van der Waals surface area contributed by atoms with Crippen LogP contribution in [-0.4, -0.2) is 11.2 Å². The number of hydrogen-bond acceptors (Lipinski definition) is 2. The number of hydrazine groups is 1. The number of alkyl halides is 3. The first-order chi connectivity index (χ1) is 11.9. The zero-order chi connectivity index (χ0) is 17.6. The third-order valence-corrected chi connectivity index (χ3v) is 4.61. The van der Waals surface area contributed by atoms with Gasteiger partial charge in [-0.2, -0.15) is 13.2 Å². The molecule has 0 aromatic heterocycles. The fourth-order valence-corrected chi connectivity index (χ4v) is 3.54. The summed E-state index contributed by atoms with van der Waals surface area (Å²) in [6.07, 6.45) is -3.08. The molecule has 0 fully saturated rings. The number of benzene rings is 2. The van der Waals surface area contributed by atoms with Gasteiger partial charge in [-0.15, -0.1) is 0 Å². The van der Waals surface area contributed by atoms with Gasteiger partial charge in [0.1, 0.15) is 0 Å². The molecule has 2 aromatic carbocycles. The Morgan fingerprint density at radius 1 is 1.04 bits per heavy atom. The number of nitrogens with zero attached hydrogens (tertiary/aromatic N) is 1. The first-order valence-corrected chi connectivity index (χ1v) is 8.11. The van der Waals surface area contributed by atoms with Gasteiger partial charge < -0.3 is 5.43 Å². The molecule has 1 aliphatic carbocycles. The van der Waals surface area contributed by atoms with Crippen molar-refractivity contribution in [3.63, 3.8) is 0 Å². The summed E-state index contributed by atoms with van der Waals surface area (Å²) in [5.41, 5.74) is 7.13. The minimum Gasteiger partial charge on any atom is -0.322 e. The molecular weight excluding hydrogens is 325 g/mol. The standard InChI is InChI=1S/C20H17F3N2/c1-13-17-10-18(20(21,22)23)16-9-5-8-15(19(16)17)12-25(24-13)11-14-6-3-2-4-7-14/h2-10,24H,11-12H2,1H3. The van der Waals surface area contributed by atoms with Gasteiger partial charge in [-0.1, -0.05) is 48.5 Å². The van der Waals surface area contributed by atoms with E-state index in [1.807, 2.05) is 48.3 Å². The van der Waals surface area contributed by atoms with Crippen molar-refractivity contribution in [3.8, 4) is 0 Å². The number of rotatable bonds is 2. The Morgan fingerprint density at radius 3 is 2.52 bits per heavy atom. The Kier molecular flexibility index (Phi) is 3.69. The molecule has 1 heterocycles. The lowest BCUT2D eigenvalue weighted by molar-refractivity contribution is -0.0687. The van der Waals surface area contributed by atoms with Crippen molar-refractivity contribution in [2.75, 3.05) is 0 Å². The van der Waals surface area contributed by atoms with Crippen LogP contribution in [-0.2, 0) is 13.1 Å². The van der Waals surface area contributed by atoms with Gasteiger partial charge in [-0.25, -0.2) is 5.01 Å². The van der Waals surface area contributed by atoms with Crippen LogP contribution in [0, 0.1) is 0 Å². The summed E-state index contributed by atoms with van der Waals surface area (Å²) in [5, 5.41) is 2.03. The van der Waals surface area contributed by atoms with Crippen LogP contribution in [0.1, 0.15) is 29.2 Å². The lowest BCUT2D eigenvalue weighted by Gasteiger charge is -2.23. The van der Waals surface area contributed by atoms with Crippen LogP contribution in [0.15, 0.2) is 60.3 Å². The van der Waals surface area contributed by atoms with E-state index in [2.05, 4.69) is 5.43 Å². The maximum absolute atomic E-state index is 13.4. The normalized spacial score (nSPS) is 17.0. The van der Waals surface area contributed by atoms with E-state index >= 15 is 0 Å². The van der Waals surface area contributed by atoms with E-state index in [-0.39, 0.29) is 5.56 Å². The molecule has 2 aliphatic rings. The van der Waals surface area contributed by atoms with E-state index in [0.717, 1.165) is 16.8 Å². The van der Waals surface area contributed by atoms with Crippen LogP contribution in [0.25, 0.3) is 11.1 Å². The van der Waals surface area contributed by atoms with Gasteiger partial charge in [-0.05, 0) is 35.3 Å². The van der Waals surface area contributed by atoms with Crippen molar-refractivity contribution in [2.24, 2.45) is 0 Å². The lowest BCUT2D eigenvalue weighted by Crippen LogP contribution is -2.34. The van der Waals surface area contributed by atoms with Crippen molar-refractivity contribution in [3.05, 3.63) is 82.6 Å². The van der Waals surface area contributed by atoms with Crippen LogP contribution >= 0.6 is 0 Å². The molecule has 0 spiro atoms. The van der Waals surface area contributed by atoms with Crippen molar-refractivity contribution >= 4 is 11.1 Å². The van der Waals surface area contributed by atoms with Crippen LogP contribution in [0.2, 0.25) is 0 Å². The quantitative estimate of drug-likeness (QED) is 0.835. The zero-order valence-corrected chi connectivity index (χ0v) is 13.7. The van der Waals surface area contributed by atoms with Crippen molar-refractivity contribution in [2.45, 2.75) is 26.2 Å². The van der Waals surface area contributed by atoms with E-state index in [1.54, 1.807) is 12.1 Å². The average Bonchev–Trinajstić information content (AvgIpc) is 2.90. The Balaban J connectivity index is 1.76. The molecule has 0 saturated carbocycles. The Hall–Kier alpha value is -2.53. The smallest absolute Gasteiger partial charge is 0.322 e. The zero-order valence-electron chi connectivity index (χ0n) is 13.7. The second-order valence-electron chi connectivity index (χ2n) is 6.39. The first-order valence-electron chi connectivity index (χ1n) is 8.11. The molecule has 128 valence electrons. The second-order valence-corrected chi connectivity index (χ2v) is 6.39. The van der Waals surface area contributed by atoms with Crippen molar-refractivity contribution in [1.29, 1.82) is 0 Å². The van der Waals surface area contributed by atoms with Gasteiger partial charge in [0.25, 0.3) is 0 Å². The van der Waals surface area contributed by atoms with Gasteiger partial charge in [0.05, 0.1) is 5.57 Å². The molecule has 25 heavy (non-hydrogen) atoms. The fourth-order valence-electron chi connectivity index (χ4n) is 3.54. The SMILES string of the molecule is CC1=C2C=C(C(F)(F)F)c3cccc(c32)CN(Cc2ccccc2)N1. The average molecular weight is 342 g/mol. The van der Waals surface area contributed by atoms with Gasteiger partial charge >= 0.3 is 6.18 Å². The molecule has 5 heteroatoms. The highest BCUT2D eigenvalue weighted by Crippen LogP contribution is 2.46. The Bertz CT molecular complexity index is 880. The van der Waals surface area contributed by atoms with E-state index in [4.69, 9.17) is 0 Å². The largest absolute Gasteiger partial charge is 0.417 e. The molecule has 0 unspecified atom stereocenters. The van der Waals surface area contributed by atoms with Gasteiger partial charge in [0, 0.05) is 24.4 Å². The van der Waals surface area contributed by atoms with Gasteiger partial charge in [0.2, 0.25) is 0 Å². The fraction of sp³-hybridized carbons (Fsp3) is 0.200. The molecule has 1 aliphatic heterocycles. The molecule has 1 N–H and O–H groups in total. The first kappa shape index (κ1) is 16.0. The van der Waals surface area contributed by atoms with E-state index in [9.17, 15) is 13.2 Å². The molecular formula is C20H17F3N2. The van der Waals surface area contributed by atoms with Crippen LogP contribution in [0.3, 0.4) is 0 Å². The van der Waals surface area contributed by atoms with Crippen molar-refractivity contribution in [1.82, 2.24) is 10.4 Å². The molecule has 0 bridgehead atoms. The summed E-state index contributed by atoms with van der Waals surface area (Å²) < 4.78 is 40.1. The predicted octanol–water partition coefficient (Wildman–Crippen LogP) is 4.90. The third-order valence-electron chi connectivity index (χ3n) is 4.61. The molecule has 0 atom stereocenters. The third kappa shape index (κ3) is 2.85. The summed E-state index contributed by atoms with van der Waals surface area (Å²) in [6, 6.07) is 15.2. The molecule has 2 nitrogen and oxygen atoms in total. The summed E-state index contributed by atoms with van der Waals surface area (Å²) in [7, 11) is 0. The van der Waals surface area contributed by atoms with Crippen molar-refractivity contribution < 1.29 is 13.2 Å². The lowest BCUT2D eigenvalue weighted by atomic mass is 9.97. The molecule has 0 saturated heterocycles. The topological polar surface area (TPSA) is 15.3 Å².